The Kier molecular flexibility index (Phi) is 4.68. The molecule has 0 atom stereocenters. The molecule has 2 heterocycles. The third kappa shape index (κ3) is 3.41. The maximum atomic E-state index is 11.4. The van der Waals surface area contributed by atoms with Crippen molar-refractivity contribution < 1.29 is 9.90 Å². The number of nitrogens with zero attached hydrogens (tertiary/aromatic N) is 1. The molecular formula is C18H25N3O2. The molecule has 0 amide bonds. The number of fused-ring (bicyclic) bond motifs is 1. The molecule has 0 unspecified atom stereocenters. The minimum Gasteiger partial charge on any atom is -0.478 e. The fourth-order valence-corrected chi connectivity index (χ4v) is 3.31. The molecule has 3 N–H and O–H groups in total. The Balaban J connectivity index is 1.89. The first-order valence-electron chi connectivity index (χ1n) is 8.36. The van der Waals surface area contributed by atoms with Crippen LogP contribution in [0, 0.1) is 0 Å². The predicted molar refractivity (Wildman–Crippen MR) is 92.4 cm³/mol. The van der Waals surface area contributed by atoms with Gasteiger partial charge < -0.3 is 20.3 Å². The molecular weight excluding hydrogens is 290 g/mol. The summed E-state index contributed by atoms with van der Waals surface area (Å²) in [7, 11) is 0. The van der Waals surface area contributed by atoms with Crippen LogP contribution in [-0.4, -0.2) is 53.7 Å². The molecule has 0 saturated carbocycles. The molecule has 2 aromatic rings. The van der Waals surface area contributed by atoms with E-state index in [1.165, 1.54) is 5.56 Å². The van der Waals surface area contributed by atoms with Gasteiger partial charge in [0.05, 0.1) is 5.56 Å². The third-order valence-corrected chi connectivity index (χ3v) is 4.68. The third-order valence-electron chi connectivity index (χ3n) is 4.68. The van der Waals surface area contributed by atoms with Crippen LogP contribution in [0.5, 0.6) is 0 Å². The number of carbonyl (C=O) groups is 1. The number of aromatic amines is 1. The topological polar surface area (TPSA) is 68.4 Å². The summed E-state index contributed by atoms with van der Waals surface area (Å²) in [5.74, 6) is -0.570. The summed E-state index contributed by atoms with van der Waals surface area (Å²) in [5.41, 5.74) is 3.75. The second-order valence-electron chi connectivity index (χ2n) is 6.60. The molecule has 1 aliphatic heterocycles. The molecule has 5 nitrogen and oxygen atoms in total. The highest BCUT2D eigenvalue weighted by Gasteiger charge is 2.16. The Labute approximate surface area is 136 Å². The van der Waals surface area contributed by atoms with Crippen molar-refractivity contribution in [1.82, 2.24) is 15.2 Å². The molecule has 1 saturated heterocycles. The van der Waals surface area contributed by atoms with E-state index in [1.807, 2.05) is 12.3 Å². The van der Waals surface area contributed by atoms with Crippen LogP contribution in [0.15, 0.2) is 18.3 Å². The van der Waals surface area contributed by atoms with Gasteiger partial charge in [0.2, 0.25) is 0 Å². The van der Waals surface area contributed by atoms with E-state index in [9.17, 15) is 9.90 Å². The maximum absolute atomic E-state index is 11.4. The quantitative estimate of drug-likeness (QED) is 0.793. The van der Waals surface area contributed by atoms with E-state index in [0.29, 0.717) is 5.56 Å². The maximum Gasteiger partial charge on any atom is 0.335 e. The lowest BCUT2D eigenvalue weighted by Gasteiger charge is -2.26. The van der Waals surface area contributed by atoms with Gasteiger partial charge in [0.25, 0.3) is 0 Å². The average Bonchev–Trinajstić information content (AvgIpc) is 2.95. The molecule has 3 rings (SSSR count). The van der Waals surface area contributed by atoms with Crippen molar-refractivity contribution >= 4 is 16.9 Å². The number of benzene rings is 1. The summed E-state index contributed by atoms with van der Waals surface area (Å²) in [4.78, 5) is 17.3. The zero-order valence-electron chi connectivity index (χ0n) is 13.9. The number of carboxylic acids is 1. The van der Waals surface area contributed by atoms with Crippen molar-refractivity contribution in [3.05, 3.63) is 35.0 Å². The normalized spacial score (nSPS) is 16.3. The summed E-state index contributed by atoms with van der Waals surface area (Å²) < 4.78 is 0. The van der Waals surface area contributed by atoms with Gasteiger partial charge in [0.1, 0.15) is 0 Å². The number of aromatic nitrogens is 1. The largest absolute Gasteiger partial charge is 0.478 e. The summed E-state index contributed by atoms with van der Waals surface area (Å²) in [6.07, 6.45) is 2.99. The van der Waals surface area contributed by atoms with Crippen molar-refractivity contribution in [2.75, 3.05) is 32.7 Å². The van der Waals surface area contributed by atoms with Gasteiger partial charge in [-0.15, -0.1) is 0 Å². The Hall–Kier alpha value is -1.85. The molecule has 0 aliphatic carbocycles. The van der Waals surface area contributed by atoms with Crippen LogP contribution in [-0.2, 0) is 6.42 Å². The monoisotopic (exact) mass is 315 g/mol. The van der Waals surface area contributed by atoms with Gasteiger partial charge in [-0.1, -0.05) is 13.8 Å². The van der Waals surface area contributed by atoms with Gasteiger partial charge >= 0.3 is 5.97 Å². The number of aromatic carboxylic acids is 1. The van der Waals surface area contributed by atoms with Crippen molar-refractivity contribution in [3.8, 4) is 0 Å². The minimum absolute atomic E-state index is 0.288. The van der Waals surface area contributed by atoms with Crippen LogP contribution in [0.2, 0.25) is 0 Å². The highest BCUT2D eigenvalue weighted by molar-refractivity contribution is 5.96. The fourth-order valence-electron chi connectivity index (χ4n) is 3.31. The zero-order chi connectivity index (χ0) is 16.4. The second kappa shape index (κ2) is 6.72. The number of H-pyrrole nitrogens is 1. The molecule has 0 bridgehead atoms. The number of hydrogen-bond donors (Lipinski definition) is 3. The first-order valence-corrected chi connectivity index (χ1v) is 8.36. The lowest BCUT2D eigenvalue weighted by Crippen LogP contribution is -2.44. The SMILES string of the molecule is CC(C)c1cc(C(=O)O)cc2c(CCN3CCNCC3)c[nH]c12. The Morgan fingerprint density at radius 2 is 2.04 bits per heavy atom. The highest BCUT2D eigenvalue weighted by Crippen LogP contribution is 2.29. The molecule has 0 spiro atoms. The Bertz CT molecular complexity index is 700. The van der Waals surface area contributed by atoms with Crippen LogP contribution in [0.25, 0.3) is 10.9 Å². The highest BCUT2D eigenvalue weighted by atomic mass is 16.4. The number of piperazine rings is 1. The molecule has 23 heavy (non-hydrogen) atoms. The summed E-state index contributed by atoms with van der Waals surface area (Å²) in [5, 5.41) is 13.8. The van der Waals surface area contributed by atoms with E-state index in [4.69, 9.17) is 0 Å². The van der Waals surface area contributed by atoms with Crippen LogP contribution < -0.4 is 5.32 Å². The van der Waals surface area contributed by atoms with E-state index in [0.717, 1.165) is 55.6 Å². The predicted octanol–water partition coefficient (Wildman–Crippen LogP) is 2.44. The standard InChI is InChI=1S/C18H25N3O2/c1-12(2)15-9-14(18(22)23)10-16-13(11-20-17(15)16)3-6-21-7-4-19-5-8-21/h9-12,19-20H,3-8H2,1-2H3,(H,22,23). The molecule has 124 valence electrons. The van der Waals surface area contributed by atoms with Gasteiger partial charge in [0, 0.05) is 49.8 Å². The summed E-state index contributed by atoms with van der Waals surface area (Å²) >= 11 is 0. The van der Waals surface area contributed by atoms with E-state index in [-0.39, 0.29) is 5.92 Å². The molecule has 1 fully saturated rings. The van der Waals surface area contributed by atoms with Gasteiger partial charge in [-0.2, -0.15) is 0 Å². The van der Waals surface area contributed by atoms with Crippen LogP contribution in [0.4, 0.5) is 0 Å². The summed E-state index contributed by atoms with van der Waals surface area (Å²) in [6, 6.07) is 3.61. The van der Waals surface area contributed by atoms with E-state index in [1.54, 1.807) is 6.07 Å². The minimum atomic E-state index is -0.858. The average molecular weight is 315 g/mol. The van der Waals surface area contributed by atoms with Crippen LogP contribution >= 0.6 is 0 Å². The number of rotatable bonds is 5. The van der Waals surface area contributed by atoms with E-state index < -0.39 is 5.97 Å². The molecule has 1 aliphatic rings. The Morgan fingerprint density at radius 1 is 1.30 bits per heavy atom. The first-order chi connectivity index (χ1) is 11.1. The number of nitrogens with one attached hydrogen (secondary N) is 2. The zero-order valence-corrected chi connectivity index (χ0v) is 13.9. The van der Waals surface area contributed by atoms with Crippen molar-refractivity contribution in [3.63, 3.8) is 0 Å². The molecule has 5 heteroatoms. The molecule has 1 aromatic heterocycles. The van der Waals surface area contributed by atoms with Gasteiger partial charge in [-0.05, 0) is 35.6 Å². The van der Waals surface area contributed by atoms with Crippen molar-refractivity contribution in [2.24, 2.45) is 0 Å². The summed E-state index contributed by atoms with van der Waals surface area (Å²) in [6.45, 7) is 9.48. The van der Waals surface area contributed by atoms with Gasteiger partial charge in [-0.25, -0.2) is 4.79 Å². The second-order valence-corrected chi connectivity index (χ2v) is 6.60. The van der Waals surface area contributed by atoms with Crippen molar-refractivity contribution in [2.45, 2.75) is 26.2 Å². The fraction of sp³-hybridized carbons (Fsp3) is 0.500. The number of carboxylic acid groups (broad SMARTS) is 1. The van der Waals surface area contributed by atoms with Crippen molar-refractivity contribution in [1.29, 1.82) is 0 Å². The number of hydrogen-bond acceptors (Lipinski definition) is 3. The smallest absolute Gasteiger partial charge is 0.335 e. The lowest BCUT2D eigenvalue weighted by molar-refractivity contribution is 0.0697. The molecule has 1 aromatic carbocycles. The molecule has 0 radical (unpaired) electrons. The van der Waals surface area contributed by atoms with E-state index in [2.05, 4.69) is 29.0 Å². The Morgan fingerprint density at radius 3 is 2.70 bits per heavy atom. The van der Waals surface area contributed by atoms with E-state index >= 15 is 0 Å². The van der Waals surface area contributed by atoms with Gasteiger partial charge in [-0.3, -0.25) is 0 Å². The van der Waals surface area contributed by atoms with Crippen LogP contribution in [0.3, 0.4) is 0 Å². The first kappa shape index (κ1) is 16.0. The van der Waals surface area contributed by atoms with Crippen LogP contribution in [0.1, 0.15) is 41.3 Å². The van der Waals surface area contributed by atoms with Gasteiger partial charge in [0.15, 0.2) is 0 Å². The lowest BCUT2D eigenvalue weighted by atomic mass is 9.96.